The molecule has 1 fully saturated rings. The molecule has 15 nitrogen and oxygen atoms in total. The maximum Gasteiger partial charge on any atom is 0.329 e. The molecule has 2 N–H and O–H groups in total. The SMILES string of the molecule is CN(C)CCn1c(=O)c2cnc(Nc3ccc(N4CCN(C(=O)c5cc(Cn6c(=O)[nH]c(=O)c7c(F)cccc76)ccc5F)CC4)cc3)nc2n1-c1ccccn1. The van der Waals surface area contributed by atoms with Gasteiger partial charge in [0, 0.05) is 56.5 Å². The number of H-pyrrole nitrogens is 1. The topological polar surface area (TPSA) is 159 Å². The number of carbonyl (C=O) groups excluding carboxylic acids is 1. The molecule has 3 aromatic carbocycles. The predicted molar refractivity (Wildman–Crippen MR) is 212 cm³/mol. The quantitative estimate of drug-likeness (QED) is 0.211. The van der Waals surface area contributed by atoms with E-state index in [4.69, 9.17) is 4.98 Å². The fraction of sp³-hybridized carbons (Fsp3) is 0.225. The van der Waals surface area contributed by atoms with Gasteiger partial charge >= 0.3 is 5.69 Å². The number of nitrogens with zero attached hydrogens (tertiary/aromatic N) is 9. The largest absolute Gasteiger partial charge is 0.368 e. The zero-order chi connectivity index (χ0) is 39.8. The number of piperazine rings is 1. The lowest BCUT2D eigenvalue weighted by atomic mass is 10.1. The van der Waals surface area contributed by atoms with Crippen LogP contribution < -0.4 is 27.0 Å². The number of hydrogen-bond donors (Lipinski definition) is 2. The van der Waals surface area contributed by atoms with E-state index < -0.39 is 28.8 Å². The van der Waals surface area contributed by atoms with Crippen molar-refractivity contribution in [1.82, 2.24) is 43.7 Å². The van der Waals surface area contributed by atoms with Crippen LogP contribution in [0, 0.1) is 11.6 Å². The van der Waals surface area contributed by atoms with Gasteiger partial charge in [0.1, 0.15) is 17.0 Å². The summed E-state index contributed by atoms with van der Waals surface area (Å²) in [6, 6.07) is 21.1. The Labute approximate surface area is 323 Å². The summed E-state index contributed by atoms with van der Waals surface area (Å²) in [7, 11) is 3.88. The highest BCUT2D eigenvalue weighted by Gasteiger charge is 2.25. The van der Waals surface area contributed by atoms with Crippen molar-refractivity contribution in [3.05, 3.63) is 145 Å². The fourth-order valence-electron chi connectivity index (χ4n) is 6.99. The molecule has 8 rings (SSSR count). The summed E-state index contributed by atoms with van der Waals surface area (Å²) in [6.07, 6.45) is 3.19. The standard InChI is InChI=1S/C40H37F2N11O4/c1-48(2)16-21-52-38(56)29-23-44-39(46-35(29)53(52)33-8-3-4-15-43-33)45-26-10-12-27(13-11-26)49-17-19-50(20-18-49)37(55)28-22-25(9-14-30(28)41)24-51-32-7-5-6-31(42)34(32)36(54)47-40(51)57/h3-15,22-23H,16-21,24H2,1-2H3,(H,44,45,46)(H,47,54,57). The fourth-order valence-corrected chi connectivity index (χ4v) is 6.99. The molecule has 7 aromatic rings. The number of fused-ring (bicyclic) bond motifs is 2. The summed E-state index contributed by atoms with van der Waals surface area (Å²) in [4.78, 5) is 73.4. The summed E-state index contributed by atoms with van der Waals surface area (Å²) in [6.45, 7) is 2.63. The zero-order valence-corrected chi connectivity index (χ0v) is 31.0. The predicted octanol–water partition coefficient (Wildman–Crippen LogP) is 3.57. The Morgan fingerprint density at radius 1 is 0.895 bits per heavy atom. The van der Waals surface area contributed by atoms with Crippen molar-refractivity contribution >= 4 is 45.2 Å². The molecule has 0 bridgehead atoms. The summed E-state index contributed by atoms with van der Waals surface area (Å²) in [5.74, 6) is -1.10. The lowest BCUT2D eigenvalue weighted by Gasteiger charge is -2.36. The van der Waals surface area contributed by atoms with Crippen LogP contribution in [0.25, 0.3) is 27.8 Å². The molecule has 57 heavy (non-hydrogen) atoms. The van der Waals surface area contributed by atoms with Crippen LogP contribution in [0.3, 0.4) is 0 Å². The van der Waals surface area contributed by atoms with Crippen molar-refractivity contribution in [2.24, 2.45) is 0 Å². The van der Waals surface area contributed by atoms with E-state index in [9.17, 15) is 23.6 Å². The van der Waals surface area contributed by atoms with Crippen LogP contribution in [-0.2, 0) is 13.1 Å². The molecule has 1 amide bonds. The van der Waals surface area contributed by atoms with Gasteiger partial charge < -0.3 is 20.0 Å². The van der Waals surface area contributed by atoms with E-state index >= 15 is 4.39 Å². The number of pyridine rings is 1. The molecule has 0 radical (unpaired) electrons. The molecule has 1 saturated heterocycles. The lowest BCUT2D eigenvalue weighted by molar-refractivity contribution is 0.0742. The molecule has 5 heterocycles. The van der Waals surface area contributed by atoms with Gasteiger partial charge in [-0.15, -0.1) is 0 Å². The van der Waals surface area contributed by atoms with E-state index in [-0.39, 0.29) is 28.6 Å². The molecule has 0 atom stereocenters. The maximum atomic E-state index is 15.1. The van der Waals surface area contributed by atoms with Gasteiger partial charge in [0.25, 0.3) is 17.0 Å². The van der Waals surface area contributed by atoms with Crippen LogP contribution in [-0.4, -0.2) is 96.4 Å². The number of anilines is 3. The van der Waals surface area contributed by atoms with E-state index in [1.165, 1.54) is 41.1 Å². The van der Waals surface area contributed by atoms with Gasteiger partial charge in [-0.05, 0) is 80.3 Å². The summed E-state index contributed by atoms with van der Waals surface area (Å²) < 4.78 is 34.0. The second-order valence-corrected chi connectivity index (χ2v) is 13.9. The number of nitrogens with one attached hydrogen (secondary N) is 2. The van der Waals surface area contributed by atoms with Gasteiger partial charge in [-0.1, -0.05) is 18.2 Å². The second-order valence-electron chi connectivity index (χ2n) is 13.9. The highest BCUT2D eigenvalue weighted by Crippen LogP contribution is 2.24. The van der Waals surface area contributed by atoms with Crippen LogP contribution in [0.15, 0.2) is 106 Å². The van der Waals surface area contributed by atoms with Gasteiger partial charge in [0.2, 0.25) is 5.95 Å². The number of aromatic nitrogens is 7. The molecule has 17 heteroatoms. The maximum absolute atomic E-state index is 15.1. The van der Waals surface area contributed by atoms with E-state index in [0.29, 0.717) is 67.6 Å². The van der Waals surface area contributed by atoms with Crippen LogP contribution in [0.1, 0.15) is 15.9 Å². The Kier molecular flexibility index (Phi) is 9.89. The summed E-state index contributed by atoms with van der Waals surface area (Å²) in [5, 5.41) is 3.35. The third-order valence-corrected chi connectivity index (χ3v) is 9.93. The normalized spacial score (nSPS) is 13.2. The Bertz CT molecular complexity index is 2810. The highest BCUT2D eigenvalue weighted by molar-refractivity contribution is 5.95. The van der Waals surface area contributed by atoms with Crippen molar-refractivity contribution < 1.29 is 13.6 Å². The molecule has 0 aliphatic carbocycles. The number of amides is 1. The number of carbonyl (C=O) groups is 1. The number of likely N-dealkylation sites (N-methyl/N-ethyl adjacent to an activating group) is 1. The Morgan fingerprint density at radius 2 is 1.68 bits per heavy atom. The number of benzene rings is 3. The number of hydrogen-bond acceptors (Lipinski definition) is 10. The molecule has 0 saturated carbocycles. The second kappa shape index (κ2) is 15.3. The van der Waals surface area contributed by atoms with Gasteiger partial charge in [-0.3, -0.25) is 23.9 Å². The molecule has 4 aromatic heterocycles. The number of rotatable bonds is 10. The number of aromatic amines is 1. The van der Waals surface area contributed by atoms with E-state index in [1.807, 2.05) is 61.5 Å². The van der Waals surface area contributed by atoms with Crippen molar-refractivity contribution in [3.63, 3.8) is 0 Å². The van der Waals surface area contributed by atoms with Gasteiger partial charge in [-0.25, -0.2) is 32.9 Å². The Balaban J connectivity index is 0.943. The molecular formula is C40H37F2N11O4. The van der Waals surface area contributed by atoms with Crippen molar-refractivity contribution in [2.45, 2.75) is 13.1 Å². The van der Waals surface area contributed by atoms with Crippen molar-refractivity contribution in [1.29, 1.82) is 0 Å². The molecule has 0 spiro atoms. The minimum Gasteiger partial charge on any atom is -0.368 e. The lowest BCUT2D eigenvalue weighted by Crippen LogP contribution is -2.49. The molecule has 1 aliphatic heterocycles. The average molecular weight is 774 g/mol. The molecular weight excluding hydrogens is 737 g/mol. The first-order valence-corrected chi connectivity index (χ1v) is 18.2. The summed E-state index contributed by atoms with van der Waals surface area (Å²) in [5.41, 5.74) is 0.655. The monoisotopic (exact) mass is 773 g/mol. The van der Waals surface area contributed by atoms with Gasteiger partial charge in [0.05, 0.1) is 29.6 Å². The van der Waals surface area contributed by atoms with E-state index in [0.717, 1.165) is 17.4 Å². The highest BCUT2D eigenvalue weighted by atomic mass is 19.1. The van der Waals surface area contributed by atoms with Crippen LogP contribution in [0.5, 0.6) is 0 Å². The first-order valence-electron chi connectivity index (χ1n) is 18.2. The minimum absolute atomic E-state index is 0.0887. The Hall–Kier alpha value is -7.01. The molecule has 1 aliphatic rings. The Morgan fingerprint density at radius 3 is 2.42 bits per heavy atom. The minimum atomic E-state index is -0.840. The van der Waals surface area contributed by atoms with Gasteiger partial charge in [-0.2, -0.15) is 4.98 Å². The molecule has 290 valence electrons. The smallest absolute Gasteiger partial charge is 0.329 e. The van der Waals surface area contributed by atoms with E-state index in [2.05, 4.69) is 25.2 Å². The summed E-state index contributed by atoms with van der Waals surface area (Å²) >= 11 is 0. The third-order valence-electron chi connectivity index (χ3n) is 9.93. The van der Waals surface area contributed by atoms with Crippen molar-refractivity contribution in [2.75, 3.05) is 57.0 Å². The zero-order valence-electron chi connectivity index (χ0n) is 31.0. The third kappa shape index (κ3) is 7.27. The number of halogens is 2. The van der Waals surface area contributed by atoms with Crippen molar-refractivity contribution in [3.8, 4) is 5.82 Å². The van der Waals surface area contributed by atoms with Crippen LogP contribution >= 0.6 is 0 Å². The average Bonchev–Trinajstić information content (AvgIpc) is 3.49. The first-order chi connectivity index (χ1) is 27.5. The first kappa shape index (κ1) is 36.9. The van der Waals surface area contributed by atoms with Crippen LogP contribution in [0.4, 0.5) is 26.1 Å². The van der Waals surface area contributed by atoms with Gasteiger partial charge in [0.15, 0.2) is 11.5 Å². The molecule has 0 unspecified atom stereocenters. The van der Waals surface area contributed by atoms with Crippen LogP contribution in [0.2, 0.25) is 0 Å². The van der Waals surface area contributed by atoms with E-state index in [1.54, 1.807) is 20.5 Å².